The maximum absolute atomic E-state index is 5.79. The molecule has 1 saturated heterocycles. The van der Waals surface area contributed by atoms with Gasteiger partial charge in [0.25, 0.3) is 0 Å². The third-order valence-corrected chi connectivity index (χ3v) is 2.97. The van der Waals surface area contributed by atoms with Gasteiger partial charge in [-0.15, -0.1) is 0 Å². The highest BCUT2D eigenvalue weighted by molar-refractivity contribution is 4.81. The maximum atomic E-state index is 5.79. The SMILES string of the molecule is CC(C)CN1CCC(C)CC1CN. The van der Waals surface area contributed by atoms with E-state index in [-0.39, 0.29) is 0 Å². The van der Waals surface area contributed by atoms with Gasteiger partial charge in [0.05, 0.1) is 0 Å². The molecule has 78 valence electrons. The standard InChI is InChI=1S/C11H24N2/c1-9(2)8-13-5-4-10(3)6-11(13)7-12/h9-11H,4-8,12H2,1-3H3. The molecular formula is C11H24N2. The second-order valence-electron chi connectivity index (χ2n) is 4.91. The van der Waals surface area contributed by atoms with Gasteiger partial charge in [0, 0.05) is 19.1 Å². The average Bonchev–Trinajstić information content (AvgIpc) is 2.07. The summed E-state index contributed by atoms with van der Waals surface area (Å²) >= 11 is 0. The van der Waals surface area contributed by atoms with Gasteiger partial charge in [-0.25, -0.2) is 0 Å². The first-order valence-electron chi connectivity index (χ1n) is 5.57. The summed E-state index contributed by atoms with van der Waals surface area (Å²) in [6.07, 6.45) is 2.65. The Hall–Kier alpha value is -0.0800. The van der Waals surface area contributed by atoms with Gasteiger partial charge in [-0.3, -0.25) is 4.90 Å². The van der Waals surface area contributed by atoms with Crippen molar-refractivity contribution in [2.75, 3.05) is 19.6 Å². The molecule has 0 amide bonds. The van der Waals surface area contributed by atoms with E-state index in [2.05, 4.69) is 25.7 Å². The Kier molecular flexibility index (Phi) is 4.20. The van der Waals surface area contributed by atoms with E-state index in [1.54, 1.807) is 0 Å². The van der Waals surface area contributed by atoms with E-state index in [0.717, 1.165) is 18.4 Å². The molecule has 1 fully saturated rings. The van der Waals surface area contributed by atoms with Crippen LogP contribution in [-0.2, 0) is 0 Å². The number of rotatable bonds is 3. The van der Waals surface area contributed by atoms with Crippen LogP contribution in [0.25, 0.3) is 0 Å². The summed E-state index contributed by atoms with van der Waals surface area (Å²) in [5.41, 5.74) is 5.79. The molecule has 1 heterocycles. The highest BCUT2D eigenvalue weighted by Gasteiger charge is 2.25. The first-order chi connectivity index (χ1) is 6.13. The van der Waals surface area contributed by atoms with Crippen LogP contribution in [0.2, 0.25) is 0 Å². The van der Waals surface area contributed by atoms with Gasteiger partial charge in [0.2, 0.25) is 0 Å². The number of piperidine rings is 1. The molecule has 1 rings (SSSR count). The fourth-order valence-corrected chi connectivity index (χ4v) is 2.25. The lowest BCUT2D eigenvalue weighted by molar-refractivity contribution is 0.109. The molecule has 0 spiro atoms. The first kappa shape index (κ1) is 11.0. The van der Waals surface area contributed by atoms with Crippen LogP contribution in [0.5, 0.6) is 0 Å². The van der Waals surface area contributed by atoms with Crippen LogP contribution in [0.15, 0.2) is 0 Å². The third-order valence-electron chi connectivity index (χ3n) is 2.97. The fourth-order valence-electron chi connectivity index (χ4n) is 2.25. The molecule has 2 heteroatoms. The molecule has 2 nitrogen and oxygen atoms in total. The van der Waals surface area contributed by atoms with Crippen molar-refractivity contribution in [3.63, 3.8) is 0 Å². The monoisotopic (exact) mass is 184 g/mol. The molecule has 0 aromatic heterocycles. The topological polar surface area (TPSA) is 29.3 Å². The normalized spacial score (nSPS) is 31.2. The van der Waals surface area contributed by atoms with Crippen LogP contribution in [0, 0.1) is 11.8 Å². The van der Waals surface area contributed by atoms with Crippen LogP contribution in [0.1, 0.15) is 33.6 Å². The van der Waals surface area contributed by atoms with E-state index in [4.69, 9.17) is 5.73 Å². The predicted molar refractivity (Wildman–Crippen MR) is 57.7 cm³/mol. The van der Waals surface area contributed by atoms with Crippen LogP contribution in [-0.4, -0.2) is 30.6 Å². The molecule has 0 radical (unpaired) electrons. The van der Waals surface area contributed by atoms with Gasteiger partial charge >= 0.3 is 0 Å². The van der Waals surface area contributed by atoms with Gasteiger partial charge < -0.3 is 5.73 Å². The van der Waals surface area contributed by atoms with Crippen molar-refractivity contribution in [3.05, 3.63) is 0 Å². The van der Waals surface area contributed by atoms with Crippen molar-refractivity contribution in [2.24, 2.45) is 17.6 Å². The summed E-state index contributed by atoms with van der Waals surface area (Å²) in [5.74, 6) is 1.64. The molecule has 13 heavy (non-hydrogen) atoms. The van der Waals surface area contributed by atoms with Gasteiger partial charge in [-0.05, 0) is 31.2 Å². The second-order valence-corrected chi connectivity index (χ2v) is 4.91. The predicted octanol–water partition coefficient (Wildman–Crippen LogP) is 1.70. The Morgan fingerprint density at radius 1 is 1.46 bits per heavy atom. The number of hydrogen-bond acceptors (Lipinski definition) is 2. The van der Waals surface area contributed by atoms with E-state index in [1.807, 2.05) is 0 Å². The number of nitrogens with zero attached hydrogens (tertiary/aromatic N) is 1. The zero-order chi connectivity index (χ0) is 9.84. The first-order valence-corrected chi connectivity index (χ1v) is 5.57. The van der Waals surface area contributed by atoms with Crippen LogP contribution in [0.4, 0.5) is 0 Å². The van der Waals surface area contributed by atoms with Crippen molar-refractivity contribution >= 4 is 0 Å². The lowest BCUT2D eigenvalue weighted by Crippen LogP contribution is -2.47. The summed E-state index contributed by atoms with van der Waals surface area (Å²) in [7, 11) is 0. The van der Waals surface area contributed by atoms with E-state index >= 15 is 0 Å². The number of likely N-dealkylation sites (tertiary alicyclic amines) is 1. The lowest BCUT2D eigenvalue weighted by atomic mass is 9.92. The van der Waals surface area contributed by atoms with Gasteiger partial charge in [0.1, 0.15) is 0 Å². The molecule has 0 aromatic carbocycles. The van der Waals surface area contributed by atoms with Gasteiger partial charge in [-0.2, -0.15) is 0 Å². The van der Waals surface area contributed by atoms with Crippen molar-refractivity contribution in [1.29, 1.82) is 0 Å². The number of hydrogen-bond donors (Lipinski definition) is 1. The van der Waals surface area contributed by atoms with Crippen molar-refractivity contribution in [2.45, 2.75) is 39.7 Å². The fraction of sp³-hybridized carbons (Fsp3) is 1.00. The molecule has 1 aliphatic heterocycles. The molecule has 1 aliphatic rings. The third kappa shape index (κ3) is 3.28. The minimum Gasteiger partial charge on any atom is -0.329 e. The Morgan fingerprint density at radius 3 is 2.69 bits per heavy atom. The largest absolute Gasteiger partial charge is 0.329 e. The highest BCUT2D eigenvalue weighted by Crippen LogP contribution is 2.22. The van der Waals surface area contributed by atoms with E-state index in [1.165, 1.54) is 25.9 Å². The second kappa shape index (κ2) is 4.97. The minimum atomic E-state index is 0.645. The Balaban J connectivity index is 2.42. The van der Waals surface area contributed by atoms with Crippen molar-refractivity contribution in [1.82, 2.24) is 4.90 Å². The summed E-state index contributed by atoms with van der Waals surface area (Å²) < 4.78 is 0. The zero-order valence-corrected chi connectivity index (χ0v) is 9.29. The summed E-state index contributed by atoms with van der Waals surface area (Å²) in [5, 5.41) is 0. The smallest absolute Gasteiger partial charge is 0.0221 e. The van der Waals surface area contributed by atoms with Crippen LogP contribution in [0.3, 0.4) is 0 Å². The van der Waals surface area contributed by atoms with Crippen LogP contribution < -0.4 is 5.73 Å². The maximum Gasteiger partial charge on any atom is 0.0221 e. The lowest BCUT2D eigenvalue weighted by Gasteiger charge is -2.38. The molecule has 2 unspecified atom stereocenters. The Bertz CT molecular complexity index is 145. The average molecular weight is 184 g/mol. The van der Waals surface area contributed by atoms with Crippen molar-refractivity contribution in [3.8, 4) is 0 Å². The molecular weight excluding hydrogens is 160 g/mol. The summed E-state index contributed by atoms with van der Waals surface area (Å²) in [4.78, 5) is 2.57. The van der Waals surface area contributed by atoms with Crippen molar-refractivity contribution < 1.29 is 0 Å². The van der Waals surface area contributed by atoms with Gasteiger partial charge in [0.15, 0.2) is 0 Å². The quantitative estimate of drug-likeness (QED) is 0.723. The van der Waals surface area contributed by atoms with E-state index in [9.17, 15) is 0 Å². The molecule has 2 atom stereocenters. The highest BCUT2D eigenvalue weighted by atomic mass is 15.2. The molecule has 0 saturated carbocycles. The van der Waals surface area contributed by atoms with Crippen LogP contribution >= 0.6 is 0 Å². The van der Waals surface area contributed by atoms with E-state index < -0.39 is 0 Å². The molecule has 0 bridgehead atoms. The Morgan fingerprint density at radius 2 is 2.15 bits per heavy atom. The molecule has 0 aromatic rings. The summed E-state index contributed by atoms with van der Waals surface area (Å²) in [6, 6.07) is 0.645. The summed E-state index contributed by atoms with van der Waals surface area (Å²) in [6.45, 7) is 10.2. The molecule has 2 N–H and O–H groups in total. The molecule has 0 aliphatic carbocycles. The number of nitrogens with two attached hydrogens (primary N) is 1. The van der Waals surface area contributed by atoms with E-state index in [0.29, 0.717) is 6.04 Å². The van der Waals surface area contributed by atoms with Gasteiger partial charge in [-0.1, -0.05) is 20.8 Å². The minimum absolute atomic E-state index is 0.645. The Labute approximate surface area is 82.5 Å². The zero-order valence-electron chi connectivity index (χ0n) is 9.29.